The van der Waals surface area contributed by atoms with Crippen molar-refractivity contribution in [3.63, 3.8) is 0 Å². The molecule has 5 rings (SSSR count). The van der Waals surface area contributed by atoms with Crippen LogP contribution in [0.2, 0.25) is 0 Å². The summed E-state index contributed by atoms with van der Waals surface area (Å²) in [6.07, 6.45) is 1.95. The van der Waals surface area contributed by atoms with E-state index in [-0.39, 0.29) is 18.4 Å². The van der Waals surface area contributed by atoms with Gasteiger partial charge in [-0.1, -0.05) is 54.6 Å². The lowest BCUT2D eigenvalue weighted by atomic mass is 10.00. The minimum Gasteiger partial charge on any atom is -0.336 e. The van der Waals surface area contributed by atoms with Crippen molar-refractivity contribution in [3.05, 3.63) is 93.8 Å². The number of hydrogen-bond acceptors (Lipinski definition) is 4. The molecule has 4 nitrogen and oxygen atoms in total. The zero-order chi connectivity index (χ0) is 19.8. The molecule has 0 bridgehead atoms. The molecule has 2 aliphatic rings. The van der Waals surface area contributed by atoms with E-state index in [2.05, 4.69) is 11.0 Å². The summed E-state index contributed by atoms with van der Waals surface area (Å²) in [7, 11) is 0. The number of anilines is 1. The highest BCUT2D eigenvalue weighted by Crippen LogP contribution is 2.39. The van der Waals surface area contributed by atoms with E-state index in [0.717, 1.165) is 35.5 Å². The first-order valence-corrected chi connectivity index (χ1v) is 10.7. The van der Waals surface area contributed by atoms with Crippen molar-refractivity contribution < 1.29 is 9.59 Å². The number of thiophene rings is 1. The quantitative estimate of drug-likeness (QED) is 0.606. The normalized spacial score (nSPS) is 16.6. The highest BCUT2D eigenvalue weighted by Gasteiger charge is 2.43. The predicted molar refractivity (Wildman–Crippen MR) is 115 cm³/mol. The zero-order valence-corrected chi connectivity index (χ0v) is 16.7. The number of hydrogen-bond donors (Lipinski definition) is 0. The number of nitrogens with zero attached hydrogens (tertiary/aromatic N) is 2. The maximum atomic E-state index is 13.5. The predicted octanol–water partition coefficient (Wildman–Crippen LogP) is 4.48. The number of aryl methyl sites for hydroxylation is 1. The maximum Gasteiger partial charge on any atom is 0.278 e. The first-order chi connectivity index (χ1) is 14.2. The molecule has 0 saturated heterocycles. The molecular formula is C24H20N2O2S. The molecule has 3 aromatic rings. The van der Waals surface area contributed by atoms with Crippen LogP contribution in [-0.4, -0.2) is 23.3 Å². The highest BCUT2D eigenvalue weighted by atomic mass is 32.1. The van der Waals surface area contributed by atoms with Gasteiger partial charge in [0.1, 0.15) is 5.70 Å². The lowest BCUT2D eigenvalue weighted by Crippen LogP contribution is -2.36. The van der Waals surface area contributed by atoms with Crippen LogP contribution in [0.1, 0.15) is 22.4 Å². The van der Waals surface area contributed by atoms with E-state index in [9.17, 15) is 9.59 Å². The Bertz CT molecular complexity index is 1100. The summed E-state index contributed by atoms with van der Waals surface area (Å²) >= 11 is 1.50. The summed E-state index contributed by atoms with van der Waals surface area (Å²) in [4.78, 5) is 31.2. The molecule has 0 N–H and O–H groups in total. The third-order valence-corrected chi connectivity index (χ3v) is 6.36. The van der Waals surface area contributed by atoms with Crippen molar-refractivity contribution in [2.45, 2.75) is 19.4 Å². The third kappa shape index (κ3) is 3.08. The number of carbonyl (C=O) groups is 2. The first kappa shape index (κ1) is 17.9. The van der Waals surface area contributed by atoms with Gasteiger partial charge in [-0.15, -0.1) is 11.3 Å². The van der Waals surface area contributed by atoms with E-state index < -0.39 is 0 Å². The second-order valence-electron chi connectivity index (χ2n) is 7.27. The van der Waals surface area contributed by atoms with Crippen LogP contribution in [-0.2, 0) is 22.6 Å². The van der Waals surface area contributed by atoms with Gasteiger partial charge in [0.15, 0.2) is 0 Å². The highest BCUT2D eigenvalue weighted by molar-refractivity contribution is 7.11. The van der Waals surface area contributed by atoms with Crippen LogP contribution in [0.5, 0.6) is 0 Å². The van der Waals surface area contributed by atoms with Gasteiger partial charge >= 0.3 is 0 Å². The smallest absolute Gasteiger partial charge is 0.278 e. The van der Waals surface area contributed by atoms with E-state index >= 15 is 0 Å². The fraction of sp³-hybridized carbons (Fsp3) is 0.167. The number of imide groups is 1. The molecule has 0 saturated carbocycles. The van der Waals surface area contributed by atoms with Gasteiger partial charge in [-0.3, -0.25) is 14.5 Å². The number of amides is 2. The van der Waals surface area contributed by atoms with Crippen molar-refractivity contribution >= 4 is 34.4 Å². The average molecular weight is 401 g/mol. The fourth-order valence-electron chi connectivity index (χ4n) is 4.13. The summed E-state index contributed by atoms with van der Waals surface area (Å²) in [5.74, 6) is -0.418. The summed E-state index contributed by atoms with van der Waals surface area (Å²) in [6, 6.07) is 21.7. The van der Waals surface area contributed by atoms with Gasteiger partial charge in [-0.2, -0.15) is 0 Å². The van der Waals surface area contributed by atoms with Gasteiger partial charge in [0.05, 0.1) is 12.1 Å². The molecule has 2 amide bonds. The molecular weight excluding hydrogens is 380 g/mol. The van der Waals surface area contributed by atoms with Crippen molar-refractivity contribution in [2.24, 2.45) is 0 Å². The molecule has 2 aromatic carbocycles. The topological polar surface area (TPSA) is 40.6 Å². The Labute approximate surface area is 173 Å². The average Bonchev–Trinajstić information content (AvgIpc) is 3.37. The van der Waals surface area contributed by atoms with Crippen LogP contribution >= 0.6 is 11.3 Å². The van der Waals surface area contributed by atoms with Crippen LogP contribution in [0.15, 0.2) is 77.8 Å². The van der Waals surface area contributed by atoms with Crippen LogP contribution in [0, 0.1) is 0 Å². The Hall–Kier alpha value is -3.18. The lowest BCUT2D eigenvalue weighted by Gasteiger charge is -2.32. The molecule has 0 unspecified atom stereocenters. The largest absolute Gasteiger partial charge is 0.336 e. The van der Waals surface area contributed by atoms with Crippen LogP contribution in [0.4, 0.5) is 5.69 Å². The summed E-state index contributed by atoms with van der Waals surface area (Å²) in [5, 5.41) is 1.95. The Kier molecular flexibility index (Phi) is 4.52. The molecule has 1 aromatic heterocycles. The van der Waals surface area contributed by atoms with E-state index in [1.165, 1.54) is 21.8 Å². The van der Waals surface area contributed by atoms with Gasteiger partial charge in [0, 0.05) is 17.1 Å². The lowest BCUT2D eigenvalue weighted by molar-refractivity contribution is -0.137. The summed E-state index contributed by atoms with van der Waals surface area (Å²) in [5.41, 5.74) is 4.24. The molecule has 3 heterocycles. The number of carbonyl (C=O) groups excluding carboxylic acids is 2. The minimum absolute atomic E-state index is 0.209. The summed E-state index contributed by atoms with van der Waals surface area (Å²) in [6.45, 7) is 1.02. The fourth-order valence-corrected chi connectivity index (χ4v) is 4.89. The molecule has 0 atom stereocenters. The van der Waals surface area contributed by atoms with E-state index in [1.54, 1.807) is 0 Å². The molecule has 2 aliphatic heterocycles. The Balaban J connectivity index is 1.61. The standard InChI is InChI=1S/C24H20N2O2S/c27-23-21(20-13-7-15-29-20)22(24(28)26(23)16-17-8-2-1-3-9-17)25-14-6-11-18-10-4-5-12-19(18)25/h1-5,7-10,12-13,15H,6,11,14,16H2. The monoisotopic (exact) mass is 400 g/mol. The molecule has 0 aliphatic carbocycles. The minimum atomic E-state index is -0.209. The molecule has 144 valence electrons. The van der Waals surface area contributed by atoms with Crippen LogP contribution in [0.25, 0.3) is 5.57 Å². The SMILES string of the molecule is O=C1C(c2cccs2)=C(N2CCCc3ccccc32)C(=O)N1Cc1ccccc1. The van der Waals surface area contributed by atoms with Crippen LogP contribution in [0.3, 0.4) is 0 Å². The second kappa shape index (κ2) is 7.33. The van der Waals surface area contributed by atoms with E-state index in [0.29, 0.717) is 11.3 Å². The second-order valence-corrected chi connectivity index (χ2v) is 8.21. The Morgan fingerprint density at radius 1 is 0.862 bits per heavy atom. The van der Waals surface area contributed by atoms with E-state index in [4.69, 9.17) is 0 Å². The molecule has 29 heavy (non-hydrogen) atoms. The van der Waals surface area contributed by atoms with Crippen LogP contribution < -0.4 is 4.90 Å². The molecule has 0 spiro atoms. The molecule has 0 radical (unpaired) electrons. The van der Waals surface area contributed by atoms with Crippen molar-refractivity contribution in [1.29, 1.82) is 0 Å². The maximum absolute atomic E-state index is 13.5. The van der Waals surface area contributed by atoms with Crippen molar-refractivity contribution in [2.75, 3.05) is 11.4 Å². The van der Waals surface area contributed by atoms with Gasteiger partial charge in [0.25, 0.3) is 11.8 Å². The number of rotatable bonds is 4. The Morgan fingerprint density at radius 2 is 1.66 bits per heavy atom. The Morgan fingerprint density at radius 3 is 2.45 bits per heavy atom. The molecule has 0 fully saturated rings. The van der Waals surface area contributed by atoms with Crippen molar-refractivity contribution in [1.82, 2.24) is 4.90 Å². The molecule has 5 heteroatoms. The van der Waals surface area contributed by atoms with Gasteiger partial charge < -0.3 is 4.90 Å². The zero-order valence-electron chi connectivity index (χ0n) is 15.9. The first-order valence-electron chi connectivity index (χ1n) is 9.78. The number of fused-ring (bicyclic) bond motifs is 1. The van der Waals surface area contributed by atoms with Gasteiger partial charge in [-0.25, -0.2) is 0 Å². The van der Waals surface area contributed by atoms with Gasteiger partial charge in [-0.05, 0) is 41.5 Å². The number of benzene rings is 2. The summed E-state index contributed by atoms with van der Waals surface area (Å²) < 4.78 is 0. The van der Waals surface area contributed by atoms with Crippen molar-refractivity contribution in [3.8, 4) is 0 Å². The number of para-hydroxylation sites is 1. The van der Waals surface area contributed by atoms with Gasteiger partial charge in [0.2, 0.25) is 0 Å². The van der Waals surface area contributed by atoms with E-state index in [1.807, 2.05) is 66.0 Å². The third-order valence-electron chi connectivity index (χ3n) is 5.47.